The Morgan fingerprint density at radius 3 is 2.58 bits per heavy atom. The van der Waals surface area contributed by atoms with E-state index in [1.165, 1.54) is 11.1 Å². The van der Waals surface area contributed by atoms with Crippen molar-refractivity contribution in [3.63, 3.8) is 0 Å². The van der Waals surface area contributed by atoms with E-state index < -0.39 is 0 Å². The standard InChI is InChI=1S/C16H23N3/c1-3-9-18-16(12-19-11-10-17-13-19)15-7-5-14(4-2)6-8-15/h5-8,10-11,13,16,18H,3-4,9,12H2,1-2H3. The van der Waals surface area contributed by atoms with Crippen LogP contribution < -0.4 is 5.32 Å². The number of nitrogens with zero attached hydrogens (tertiary/aromatic N) is 2. The second kappa shape index (κ2) is 7.10. The smallest absolute Gasteiger partial charge is 0.0946 e. The third kappa shape index (κ3) is 3.93. The number of hydrogen-bond acceptors (Lipinski definition) is 2. The van der Waals surface area contributed by atoms with E-state index in [1.54, 1.807) is 0 Å². The number of imidazole rings is 1. The van der Waals surface area contributed by atoms with Gasteiger partial charge >= 0.3 is 0 Å². The Bertz CT molecular complexity index is 459. The molecule has 2 rings (SSSR count). The van der Waals surface area contributed by atoms with Crippen LogP contribution in [-0.2, 0) is 13.0 Å². The molecule has 1 heterocycles. The Kier molecular flexibility index (Phi) is 5.16. The number of aryl methyl sites for hydroxylation is 1. The van der Waals surface area contributed by atoms with Crippen LogP contribution in [0.3, 0.4) is 0 Å². The quantitative estimate of drug-likeness (QED) is 0.825. The summed E-state index contributed by atoms with van der Waals surface area (Å²) < 4.78 is 2.13. The Labute approximate surface area is 115 Å². The van der Waals surface area contributed by atoms with Crippen LogP contribution >= 0.6 is 0 Å². The molecular formula is C16H23N3. The highest BCUT2D eigenvalue weighted by Crippen LogP contribution is 2.16. The summed E-state index contributed by atoms with van der Waals surface area (Å²) in [5.74, 6) is 0. The van der Waals surface area contributed by atoms with Gasteiger partial charge in [-0.25, -0.2) is 4.98 Å². The van der Waals surface area contributed by atoms with Gasteiger partial charge in [-0.15, -0.1) is 0 Å². The van der Waals surface area contributed by atoms with Crippen molar-refractivity contribution in [3.8, 4) is 0 Å². The molecule has 0 saturated carbocycles. The van der Waals surface area contributed by atoms with E-state index in [-0.39, 0.29) is 0 Å². The third-order valence-corrected chi connectivity index (χ3v) is 3.38. The molecule has 19 heavy (non-hydrogen) atoms. The topological polar surface area (TPSA) is 29.9 Å². The Morgan fingerprint density at radius 2 is 2.00 bits per heavy atom. The number of benzene rings is 1. The van der Waals surface area contributed by atoms with Gasteiger partial charge in [-0.1, -0.05) is 38.1 Å². The molecule has 1 aromatic carbocycles. The lowest BCUT2D eigenvalue weighted by atomic mass is 10.0. The average molecular weight is 257 g/mol. The monoisotopic (exact) mass is 257 g/mol. The first-order valence-electron chi connectivity index (χ1n) is 7.11. The molecule has 0 aliphatic heterocycles. The van der Waals surface area contributed by atoms with Gasteiger partial charge in [-0.2, -0.15) is 0 Å². The van der Waals surface area contributed by atoms with Gasteiger partial charge in [0, 0.05) is 18.9 Å². The van der Waals surface area contributed by atoms with E-state index >= 15 is 0 Å². The van der Waals surface area contributed by atoms with Gasteiger partial charge < -0.3 is 9.88 Å². The lowest BCUT2D eigenvalue weighted by Crippen LogP contribution is -2.26. The molecule has 0 bridgehead atoms. The number of aromatic nitrogens is 2. The number of nitrogens with one attached hydrogen (secondary N) is 1. The van der Waals surface area contributed by atoms with Gasteiger partial charge in [0.1, 0.15) is 0 Å². The number of hydrogen-bond donors (Lipinski definition) is 1. The molecule has 102 valence electrons. The first-order chi connectivity index (χ1) is 9.33. The van der Waals surface area contributed by atoms with Crippen molar-refractivity contribution in [2.24, 2.45) is 0 Å². The minimum atomic E-state index is 0.347. The van der Waals surface area contributed by atoms with Crippen LogP contribution in [0, 0.1) is 0 Å². The van der Waals surface area contributed by atoms with Crippen LogP contribution in [0.2, 0.25) is 0 Å². The molecule has 0 aliphatic rings. The summed E-state index contributed by atoms with van der Waals surface area (Å²) in [7, 11) is 0. The van der Waals surface area contributed by atoms with Crippen LogP contribution in [0.1, 0.15) is 37.4 Å². The summed E-state index contributed by atoms with van der Waals surface area (Å²) >= 11 is 0. The zero-order chi connectivity index (χ0) is 13.5. The summed E-state index contributed by atoms with van der Waals surface area (Å²) in [5, 5.41) is 3.61. The van der Waals surface area contributed by atoms with Crippen LogP contribution in [0.5, 0.6) is 0 Å². The lowest BCUT2D eigenvalue weighted by molar-refractivity contribution is 0.463. The molecule has 1 unspecified atom stereocenters. The zero-order valence-electron chi connectivity index (χ0n) is 11.8. The fourth-order valence-corrected chi connectivity index (χ4v) is 2.20. The van der Waals surface area contributed by atoms with Crippen molar-refractivity contribution in [1.82, 2.24) is 14.9 Å². The fourth-order valence-electron chi connectivity index (χ4n) is 2.20. The maximum Gasteiger partial charge on any atom is 0.0946 e. The highest BCUT2D eigenvalue weighted by atomic mass is 15.1. The van der Waals surface area contributed by atoms with Gasteiger partial charge in [0.25, 0.3) is 0 Å². The van der Waals surface area contributed by atoms with Crippen molar-refractivity contribution >= 4 is 0 Å². The van der Waals surface area contributed by atoms with E-state index in [1.807, 2.05) is 18.7 Å². The van der Waals surface area contributed by atoms with Gasteiger partial charge in [0.15, 0.2) is 0 Å². The first-order valence-corrected chi connectivity index (χ1v) is 7.11. The van der Waals surface area contributed by atoms with Gasteiger partial charge in [-0.05, 0) is 30.5 Å². The normalized spacial score (nSPS) is 12.5. The van der Waals surface area contributed by atoms with Crippen LogP contribution in [0.25, 0.3) is 0 Å². The maximum absolute atomic E-state index is 4.11. The summed E-state index contributed by atoms with van der Waals surface area (Å²) in [4.78, 5) is 4.11. The molecule has 0 radical (unpaired) electrons. The second-order valence-electron chi connectivity index (χ2n) is 4.86. The summed E-state index contributed by atoms with van der Waals surface area (Å²) in [6, 6.07) is 9.28. The van der Waals surface area contributed by atoms with Crippen LogP contribution in [0.4, 0.5) is 0 Å². The molecule has 3 nitrogen and oxygen atoms in total. The zero-order valence-corrected chi connectivity index (χ0v) is 11.8. The lowest BCUT2D eigenvalue weighted by Gasteiger charge is -2.20. The van der Waals surface area contributed by atoms with Crippen molar-refractivity contribution in [1.29, 1.82) is 0 Å². The molecule has 0 saturated heterocycles. The van der Waals surface area contributed by atoms with E-state index in [9.17, 15) is 0 Å². The molecule has 1 atom stereocenters. The van der Waals surface area contributed by atoms with Gasteiger partial charge in [-0.3, -0.25) is 0 Å². The predicted molar refractivity (Wildman–Crippen MR) is 79.1 cm³/mol. The summed E-state index contributed by atoms with van der Waals surface area (Å²) in [6.07, 6.45) is 7.96. The SMILES string of the molecule is CCCNC(Cn1ccnc1)c1ccc(CC)cc1. The van der Waals surface area contributed by atoms with Gasteiger partial charge in [0.05, 0.1) is 12.4 Å². The number of rotatable bonds is 7. The highest BCUT2D eigenvalue weighted by Gasteiger charge is 2.11. The minimum Gasteiger partial charge on any atom is -0.336 e. The molecule has 0 spiro atoms. The van der Waals surface area contributed by atoms with E-state index in [0.29, 0.717) is 6.04 Å². The van der Waals surface area contributed by atoms with E-state index in [0.717, 1.165) is 25.9 Å². The molecule has 3 heteroatoms. The van der Waals surface area contributed by atoms with Gasteiger partial charge in [0.2, 0.25) is 0 Å². The minimum absolute atomic E-state index is 0.347. The first kappa shape index (κ1) is 13.8. The predicted octanol–water partition coefficient (Wildman–Crippen LogP) is 3.19. The Hall–Kier alpha value is -1.61. The molecule has 1 aromatic heterocycles. The molecule has 0 amide bonds. The van der Waals surface area contributed by atoms with Crippen molar-refractivity contribution in [2.45, 2.75) is 39.3 Å². The van der Waals surface area contributed by atoms with Crippen LogP contribution in [0.15, 0.2) is 43.0 Å². The molecule has 1 N–H and O–H groups in total. The Balaban J connectivity index is 2.10. The largest absolute Gasteiger partial charge is 0.336 e. The molecule has 0 aliphatic carbocycles. The van der Waals surface area contributed by atoms with Crippen molar-refractivity contribution < 1.29 is 0 Å². The summed E-state index contributed by atoms with van der Waals surface area (Å²) in [6.45, 7) is 6.34. The van der Waals surface area contributed by atoms with Crippen LogP contribution in [-0.4, -0.2) is 16.1 Å². The van der Waals surface area contributed by atoms with E-state index in [2.05, 4.69) is 53.0 Å². The highest BCUT2D eigenvalue weighted by molar-refractivity contribution is 5.25. The fraction of sp³-hybridized carbons (Fsp3) is 0.438. The van der Waals surface area contributed by atoms with E-state index in [4.69, 9.17) is 0 Å². The molecular weight excluding hydrogens is 234 g/mol. The Morgan fingerprint density at radius 1 is 1.21 bits per heavy atom. The van der Waals surface area contributed by atoms with Crippen molar-refractivity contribution in [2.75, 3.05) is 6.54 Å². The molecule has 2 aromatic rings. The maximum atomic E-state index is 4.11. The average Bonchev–Trinajstić information content (AvgIpc) is 2.96. The molecule has 0 fully saturated rings. The third-order valence-electron chi connectivity index (χ3n) is 3.38. The second-order valence-corrected chi connectivity index (χ2v) is 4.86. The van der Waals surface area contributed by atoms with Crippen molar-refractivity contribution in [3.05, 3.63) is 54.1 Å². The summed E-state index contributed by atoms with van der Waals surface area (Å²) in [5.41, 5.74) is 2.74.